The van der Waals surface area contributed by atoms with Crippen molar-refractivity contribution in [2.45, 2.75) is 31.8 Å². The van der Waals surface area contributed by atoms with E-state index >= 15 is 0 Å². The monoisotopic (exact) mass is 434 g/mol. The molecule has 0 unspecified atom stereocenters. The van der Waals surface area contributed by atoms with Crippen molar-refractivity contribution in [1.29, 1.82) is 0 Å². The lowest BCUT2D eigenvalue weighted by molar-refractivity contribution is -0.141. The Morgan fingerprint density at radius 2 is 1.45 bits per heavy atom. The van der Waals surface area contributed by atoms with Crippen LogP contribution in [0.4, 0.5) is 0 Å². The number of nitrogens with one attached hydrogen (secondary N) is 1. The van der Waals surface area contributed by atoms with Gasteiger partial charge in [-0.1, -0.05) is 90.5 Å². The molecule has 0 aliphatic carbocycles. The fourth-order valence-corrected chi connectivity index (χ4v) is 3.82. The third kappa shape index (κ3) is 6.43. The van der Waals surface area contributed by atoms with Crippen LogP contribution in [0.25, 0.3) is 0 Å². The summed E-state index contributed by atoms with van der Waals surface area (Å²) >= 11 is 6.27. The van der Waals surface area contributed by atoms with Gasteiger partial charge in [0, 0.05) is 31.5 Å². The van der Waals surface area contributed by atoms with Crippen molar-refractivity contribution in [2.75, 3.05) is 7.05 Å². The second kappa shape index (κ2) is 11.3. The number of nitrogens with zero attached hydrogens (tertiary/aromatic N) is 1. The number of likely N-dealkylation sites (N-methyl/N-ethyl adjacent to an activating group) is 1. The number of hydrogen-bond donors (Lipinski definition) is 1. The summed E-state index contributed by atoms with van der Waals surface area (Å²) < 4.78 is 0. The zero-order valence-electron chi connectivity index (χ0n) is 17.6. The molecular weight excluding hydrogens is 408 g/mol. The lowest BCUT2D eigenvalue weighted by Gasteiger charge is -2.31. The number of benzene rings is 3. The molecule has 31 heavy (non-hydrogen) atoms. The van der Waals surface area contributed by atoms with Crippen molar-refractivity contribution in [3.8, 4) is 0 Å². The van der Waals surface area contributed by atoms with Gasteiger partial charge in [-0.3, -0.25) is 9.59 Å². The van der Waals surface area contributed by atoms with E-state index in [0.717, 1.165) is 16.7 Å². The molecule has 0 spiro atoms. The number of amides is 2. The summed E-state index contributed by atoms with van der Waals surface area (Å²) in [6, 6.07) is 26.5. The maximum absolute atomic E-state index is 13.4. The lowest BCUT2D eigenvalue weighted by atomic mass is 10.0. The normalized spacial score (nSPS) is 11.5. The molecular formula is C26H27ClN2O2. The van der Waals surface area contributed by atoms with Gasteiger partial charge >= 0.3 is 0 Å². The van der Waals surface area contributed by atoms with Gasteiger partial charge in [-0.15, -0.1) is 0 Å². The van der Waals surface area contributed by atoms with Crippen molar-refractivity contribution in [1.82, 2.24) is 10.2 Å². The first kappa shape index (κ1) is 22.6. The summed E-state index contributed by atoms with van der Waals surface area (Å²) in [6.45, 7) is 0.368. The highest BCUT2D eigenvalue weighted by Crippen LogP contribution is 2.20. The number of hydrogen-bond acceptors (Lipinski definition) is 2. The Labute approximate surface area is 188 Å². The SMILES string of the molecule is CNC(=O)[C@@H](Cc1ccccc1)N(Cc1ccccc1)C(=O)CCc1ccccc1Cl. The van der Waals surface area contributed by atoms with Crippen molar-refractivity contribution >= 4 is 23.4 Å². The van der Waals surface area contributed by atoms with Gasteiger partial charge in [-0.2, -0.15) is 0 Å². The molecule has 1 atom stereocenters. The Hall–Kier alpha value is -3.11. The Morgan fingerprint density at radius 1 is 0.871 bits per heavy atom. The summed E-state index contributed by atoms with van der Waals surface area (Å²) in [5, 5.41) is 3.39. The molecule has 3 aromatic rings. The highest BCUT2D eigenvalue weighted by atomic mass is 35.5. The van der Waals surface area contributed by atoms with Gasteiger partial charge in [0.1, 0.15) is 6.04 Å². The van der Waals surface area contributed by atoms with E-state index in [0.29, 0.717) is 24.4 Å². The first-order valence-corrected chi connectivity index (χ1v) is 10.8. The Bertz CT molecular complexity index is 993. The molecule has 0 aliphatic rings. The summed E-state index contributed by atoms with van der Waals surface area (Å²) in [7, 11) is 1.61. The predicted octanol–water partition coefficient (Wildman–Crippen LogP) is 4.66. The van der Waals surface area contributed by atoms with E-state index in [2.05, 4.69) is 5.32 Å². The molecule has 4 nitrogen and oxygen atoms in total. The largest absolute Gasteiger partial charge is 0.357 e. The van der Waals surface area contributed by atoms with E-state index in [1.807, 2.05) is 84.9 Å². The van der Waals surface area contributed by atoms with Crippen LogP contribution in [0.1, 0.15) is 23.1 Å². The van der Waals surface area contributed by atoms with Crippen LogP contribution in [0.3, 0.4) is 0 Å². The molecule has 0 radical (unpaired) electrons. The number of carbonyl (C=O) groups is 2. The van der Waals surface area contributed by atoms with Gasteiger partial charge in [-0.25, -0.2) is 0 Å². The minimum atomic E-state index is -0.605. The zero-order valence-corrected chi connectivity index (χ0v) is 18.4. The van der Waals surface area contributed by atoms with Crippen LogP contribution in [-0.4, -0.2) is 29.8 Å². The van der Waals surface area contributed by atoms with Gasteiger partial charge in [0.2, 0.25) is 11.8 Å². The van der Waals surface area contributed by atoms with Crippen molar-refractivity contribution in [3.63, 3.8) is 0 Å². The highest BCUT2D eigenvalue weighted by Gasteiger charge is 2.29. The third-order valence-corrected chi connectivity index (χ3v) is 5.65. The van der Waals surface area contributed by atoms with Crippen LogP contribution >= 0.6 is 11.6 Å². The lowest BCUT2D eigenvalue weighted by Crippen LogP contribution is -2.49. The highest BCUT2D eigenvalue weighted by molar-refractivity contribution is 6.31. The quantitative estimate of drug-likeness (QED) is 0.532. The van der Waals surface area contributed by atoms with Crippen LogP contribution in [0.5, 0.6) is 0 Å². The first-order chi connectivity index (χ1) is 15.1. The number of rotatable bonds is 9. The van der Waals surface area contributed by atoms with Gasteiger partial charge < -0.3 is 10.2 Å². The second-order valence-corrected chi connectivity index (χ2v) is 7.83. The van der Waals surface area contributed by atoms with Crippen molar-refractivity contribution in [2.24, 2.45) is 0 Å². The van der Waals surface area contributed by atoms with Gasteiger partial charge in [0.15, 0.2) is 0 Å². The van der Waals surface area contributed by atoms with Crippen LogP contribution in [-0.2, 0) is 29.0 Å². The minimum absolute atomic E-state index is 0.0756. The maximum Gasteiger partial charge on any atom is 0.242 e. The van der Waals surface area contributed by atoms with Gasteiger partial charge in [0.25, 0.3) is 0 Å². The fraction of sp³-hybridized carbons (Fsp3) is 0.231. The molecule has 160 valence electrons. The summed E-state index contributed by atoms with van der Waals surface area (Å²) in [4.78, 5) is 27.9. The first-order valence-electron chi connectivity index (χ1n) is 10.4. The van der Waals surface area contributed by atoms with Crippen LogP contribution in [0.2, 0.25) is 5.02 Å². The smallest absolute Gasteiger partial charge is 0.242 e. The Balaban J connectivity index is 1.86. The van der Waals surface area contributed by atoms with E-state index in [1.54, 1.807) is 11.9 Å². The number of carbonyl (C=O) groups excluding carboxylic acids is 2. The van der Waals surface area contributed by atoms with Crippen molar-refractivity contribution in [3.05, 3.63) is 107 Å². The number of aryl methyl sites for hydroxylation is 1. The molecule has 0 saturated carbocycles. The molecule has 3 aromatic carbocycles. The fourth-order valence-electron chi connectivity index (χ4n) is 3.59. The topological polar surface area (TPSA) is 49.4 Å². The molecule has 1 N–H and O–H groups in total. The molecule has 0 fully saturated rings. The van der Waals surface area contributed by atoms with Crippen LogP contribution < -0.4 is 5.32 Å². The Morgan fingerprint density at radius 3 is 2.06 bits per heavy atom. The minimum Gasteiger partial charge on any atom is -0.357 e. The van der Waals surface area contributed by atoms with Gasteiger partial charge in [-0.05, 0) is 29.2 Å². The molecule has 0 heterocycles. The molecule has 2 amide bonds. The molecule has 0 bridgehead atoms. The second-order valence-electron chi connectivity index (χ2n) is 7.42. The summed E-state index contributed by atoms with van der Waals surface area (Å²) in [5.74, 6) is -0.251. The third-order valence-electron chi connectivity index (χ3n) is 5.28. The molecule has 3 rings (SSSR count). The average molecular weight is 435 g/mol. The zero-order chi connectivity index (χ0) is 22.1. The summed E-state index contributed by atoms with van der Waals surface area (Å²) in [5.41, 5.74) is 2.92. The molecule has 0 saturated heterocycles. The van der Waals surface area contributed by atoms with Crippen molar-refractivity contribution < 1.29 is 9.59 Å². The number of halogens is 1. The Kier molecular flexibility index (Phi) is 8.25. The maximum atomic E-state index is 13.4. The molecule has 0 aliphatic heterocycles. The van der Waals surface area contributed by atoms with E-state index in [4.69, 9.17) is 11.6 Å². The standard InChI is InChI=1S/C26H27ClN2O2/c1-28-26(31)24(18-20-10-4-2-5-11-20)29(19-21-12-6-3-7-13-21)25(30)17-16-22-14-8-9-15-23(22)27/h2-15,24H,16-19H2,1H3,(H,28,31)/t24-/m1/s1. The van der Waals surface area contributed by atoms with E-state index in [9.17, 15) is 9.59 Å². The van der Waals surface area contributed by atoms with E-state index < -0.39 is 6.04 Å². The molecule has 0 aromatic heterocycles. The average Bonchev–Trinajstić information content (AvgIpc) is 2.81. The van der Waals surface area contributed by atoms with Crippen LogP contribution in [0, 0.1) is 0 Å². The van der Waals surface area contributed by atoms with Crippen LogP contribution in [0.15, 0.2) is 84.9 Å². The summed E-state index contributed by atoms with van der Waals surface area (Å²) in [6.07, 6.45) is 1.25. The van der Waals surface area contributed by atoms with E-state index in [-0.39, 0.29) is 18.2 Å². The predicted molar refractivity (Wildman–Crippen MR) is 125 cm³/mol. The van der Waals surface area contributed by atoms with E-state index in [1.165, 1.54) is 0 Å². The van der Waals surface area contributed by atoms with Gasteiger partial charge in [0.05, 0.1) is 0 Å². The molecule has 5 heteroatoms.